The number of nitrogens with zero attached hydrogens (tertiary/aromatic N) is 2. The molecule has 0 saturated carbocycles. The zero-order valence-electron chi connectivity index (χ0n) is 21.1. The van der Waals surface area contributed by atoms with Crippen LogP contribution in [0.5, 0.6) is 0 Å². The Morgan fingerprint density at radius 2 is 1.57 bits per heavy atom. The number of rotatable bonds is 6. The highest BCUT2D eigenvalue weighted by Gasteiger charge is 2.18. The molecule has 2 heterocycles. The Kier molecular flexibility index (Phi) is 7.28. The highest BCUT2D eigenvalue weighted by atomic mass is 19.1. The molecule has 188 valence electrons. The van der Waals surface area contributed by atoms with Crippen molar-refractivity contribution in [2.24, 2.45) is 0 Å². The molecule has 1 aliphatic heterocycles. The predicted octanol–water partition coefficient (Wildman–Crippen LogP) is 6.44. The van der Waals surface area contributed by atoms with Crippen molar-refractivity contribution in [3.8, 4) is 22.3 Å². The van der Waals surface area contributed by atoms with Crippen molar-refractivity contribution in [2.45, 2.75) is 19.8 Å². The Labute approximate surface area is 216 Å². The molecule has 1 fully saturated rings. The molecule has 0 radical (unpaired) electrons. The number of ether oxygens (including phenoxy) is 1. The maximum Gasteiger partial charge on any atom is 0.231 e. The van der Waals surface area contributed by atoms with Gasteiger partial charge < -0.3 is 15.0 Å². The SMILES string of the molecule is Cc1cc(-c2ccc(NC(=O)C(C)c3cc(F)cc(-c4ccc(N5CCOCC5)cc4)c3)cc2)ccn1. The number of amides is 1. The third kappa shape index (κ3) is 5.87. The van der Waals surface area contributed by atoms with Crippen LogP contribution in [0.15, 0.2) is 85.1 Å². The molecule has 1 unspecified atom stereocenters. The van der Waals surface area contributed by atoms with E-state index in [2.05, 4.69) is 27.3 Å². The number of anilines is 2. The molecule has 1 aromatic heterocycles. The van der Waals surface area contributed by atoms with Crippen molar-refractivity contribution in [3.63, 3.8) is 0 Å². The minimum Gasteiger partial charge on any atom is -0.378 e. The van der Waals surface area contributed by atoms with Crippen molar-refractivity contribution < 1.29 is 13.9 Å². The van der Waals surface area contributed by atoms with Gasteiger partial charge in [0.05, 0.1) is 19.1 Å². The molecule has 0 bridgehead atoms. The lowest BCUT2D eigenvalue weighted by Crippen LogP contribution is -2.36. The zero-order valence-corrected chi connectivity index (χ0v) is 21.1. The summed E-state index contributed by atoms with van der Waals surface area (Å²) in [5, 5.41) is 2.96. The zero-order chi connectivity index (χ0) is 25.8. The summed E-state index contributed by atoms with van der Waals surface area (Å²) in [7, 11) is 0. The molecule has 5 nitrogen and oxygen atoms in total. The Hall–Kier alpha value is -4.03. The molecule has 1 N–H and O–H groups in total. The Balaban J connectivity index is 1.29. The summed E-state index contributed by atoms with van der Waals surface area (Å²) in [4.78, 5) is 19.5. The fourth-order valence-electron chi connectivity index (χ4n) is 4.59. The first-order chi connectivity index (χ1) is 18.0. The summed E-state index contributed by atoms with van der Waals surface area (Å²) < 4.78 is 20.0. The van der Waals surface area contributed by atoms with Crippen molar-refractivity contribution in [3.05, 3.63) is 102 Å². The second-order valence-corrected chi connectivity index (χ2v) is 9.39. The number of pyridine rings is 1. The van der Waals surface area contributed by atoms with Gasteiger partial charge in [-0.2, -0.15) is 0 Å². The second-order valence-electron chi connectivity index (χ2n) is 9.39. The smallest absolute Gasteiger partial charge is 0.231 e. The lowest BCUT2D eigenvalue weighted by atomic mass is 9.95. The van der Waals surface area contributed by atoms with Gasteiger partial charge in [0.1, 0.15) is 5.82 Å². The van der Waals surface area contributed by atoms with Gasteiger partial charge in [-0.15, -0.1) is 0 Å². The average Bonchev–Trinajstić information content (AvgIpc) is 2.93. The van der Waals surface area contributed by atoms with Gasteiger partial charge in [-0.05, 0) is 90.2 Å². The first-order valence-electron chi connectivity index (χ1n) is 12.5. The number of hydrogen-bond acceptors (Lipinski definition) is 4. The van der Waals surface area contributed by atoms with Crippen LogP contribution < -0.4 is 10.2 Å². The van der Waals surface area contributed by atoms with E-state index in [1.807, 2.05) is 61.5 Å². The molecule has 1 saturated heterocycles. The van der Waals surface area contributed by atoms with Crippen LogP contribution in [0.1, 0.15) is 24.1 Å². The van der Waals surface area contributed by atoms with Gasteiger partial charge in [0.25, 0.3) is 0 Å². The van der Waals surface area contributed by atoms with Gasteiger partial charge in [-0.25, -0.2) is 4.39 Å². The Morgan fingerprint density at radius 3 is 2.27 bits per heavy atom. The largest absolute Gasteiger partial charge is 0.378 e. The van der Waals surface area contributed by atoms with Crippen LogP contribution >= 0.6 is 0 Å². The lowest BCUT2D eigenvalue weighted by Gasteiger charge is -2.29. The van der Waals surface area contributed by atoms with Crippen molar-refractivity contribution in [1.29, 1.82) is 0 Å². The van der Waals surface area contributed by atoms with Crippen molar-refractivity contribution >= 4 is 17.3 Å². The Morgan fingerprint density at radius 1 is 0.892 bits per heavy atom. The minimum absolute atomic E-state index is 0.188. The standard InChI is InChI=1S/C31H30FN3O2/c1-21-17-25(11-12-33-21)23-3-7-29(8-4-23)34-31(36)22(2)26-18-27(20-28(32)19-26)24-5-9-30(10-6-24)35-13-15-37-16-14-35/h3-12,17-20,22H,13-16H2,1-2H3,(H,34,36). The second kappa shape index (κ2) is 10.9. The summed E-state index contributed by atoms with van der Waals surface area (Å²) >= 11 is 0. The van der Waals surface area contributed by atoms with Gasteiger partial charge >= 0.3 is 0 Å². The van der Waals surface area contributed by atoms with Gasteiger partial charge in [-0.3, -0.25) is 9.78 Å². The molecule has 5 rings (SSSR count). The average molecular weight is 496 g/mol. The quantitative estimate of drug-likeness (QED) is 0.334. The number of aryl methyl sites for hydroxylation is 1. The number of carbonyl (C=O) groups is 1. The fourth-order valence-corrected chi connectivity index (χ4v) is 4.59. The molecular weight excluding hydrogens is 465 g/mol. The number of halogens is 1. The van der Waals surface area contributed by atoms with Crippen molar-refractivity contribution in [2.75, 3.05) is 36.5 Å². The van der Waals surface area contributed by atoms with Crippen molar-refractivity contribution in [1.82, 2.24) is 4.98 Å². The predicted molar refractivity (Wildman–Crippen MR) is 146 cm³/mol. The highest BCUT2D eigenvalue weighted by Crippen LogP contribution is 2.29. The molecule has 3 aromatic carbocycles. The van der Waals surface area contributed by atoms with Crippen LogP contribution in [0.25, 0.3) is 22.3 Å². The molecule has 0 spiro atoms. The van der Waals surface area contributed by atoms with Gasteiger partial charge in [-0.1, -0.05) is 30.3 Å². The summed E-state index contributed by atoms with van der Waals surface area (Å²) in [5.41, 5.74) is 7.19. The van der Waals surface area contributed by atoms with Crippen LogP contribution in [0, 0.1) is 12.7 Å². The fraction of sp³-hybridized carbons (Fsp3) is 0.226. The minimum atomic E-state index is -0.524. The maximum atomic E-state index is 14.6. The highest BCUT2D eigenvalue weighted by molar-refractivity contribution is 5.96. The van der Waals surface area contributed by atoms with E-state index in [1.54, 1.807) is 13.1 Å². The molecule has 1 atom stereocenters. The van der Waals surface area contributed by atoms with Crippen LogP contribution in [0.2, 0.25) is 0 Å². The topological polar surface area (TPSA) is 54.5 Å². The third-order valence-electron chi connectivity index (χ3n) is 6.77. The maximum absolute atomic E-state index is 14.6. The van der Waals surface area contributed by atoms with Gasteiger partial charge in [0, 0.05) is 36.4 Å². The number of nitrogens with one attached hydrogen (secondary N) is 1. The number of aromatic nitrogens is 1. The number of hydrogen-bond donors (Lipinski definition) is 1. The van der Waals surface area contributed by atoms with Gasteiger partial charge in [0.2, 0.25) is 5.91 Å². The third-order valence-corrected chi connectivity index (χ3v) is 6.77. The van der Waals surface area contributed by atoms with E-state index in [-0.39, 0.29) is 11.7 Å². The van der Waals surface area contributed by atoms with Gasteiger partial charge in [0.15, 0.2) is 0 Å². The van der Waals surface area contributed by atoms with Crippen LogP contribution in [-0.2, 0) is 9.53 Å². The summed E-state index contributed by atoms with van der Waals surface area (Å²) in [5.74, 6) is -1.07. The molecular formula is C31H30FN3O2. The van der Waals surface area contributed by atoms with E-state index in [0.29, 0.717) is 11.3 Å². The van der Waals surface area contributed by atoms with Crippen LogP contribution in [0.3, 0.4) is 0 Å². The molecule has 6 heteroatoms. The monoisotopic (exact) mass is 495 g/mol. The first kappa shape index (κ1) is 24.7. The van der Waals surface area contributed by atoms with Crippen LogP contribution in [0.4, 0.5) is 15.8 Å². The van der Waals surface area contributed by atoms with E-state index >= 15 is 0 Å². The molecule has 4 aromatic rings. The Bertz CT molecular complexity index is 1380. The summed E-state index contributed by atoms with van der Waals surface area (Å²) in [6.45, 7) is 6.93. The van der Waals surface area contributed by atoms with E-state index in [0.717, 1.165) is 59.9 Å². The molecule has 37 heavy (non-hydrogen) atoms. The first-order valence-corrected chi connectivity index (χ1v) is 12.5. The molecule has 0 aliphatic carbocycles. The summed E-state index contributed by atoms with van der Waals surface area (Å²) in [6, 6.07) is 24.6. The number of morpholine rings is 1. The van der Waals surface area contributed by atoms with E-state index < -0.39 is 5.92 Å². The van der Waals surface area contributed by atoms with E-state index in [1.165, 1.54) is 12.1 Å². The number of carbonyl (C=O) groups excluding carboxylic acids is 1. The molecule has 1 aliphatic rings. The number of benzene rings is 3. The van der Waals surface area contributed by atoms with E-state index in [4.69, 9.17) is 4.74 Å². The lowest BCUT2D eigenvalue weighted by molar-refractivity contribution is -0.117. The van der Waals surface area contributed by atoms with Crippen LogP contribution in [-0.4, -0.2) is 37.2 Å². The van der Waals surface area contributed by atoms with E-state index in [9.17, 15) is 9.18 Å². The summed E-state index contributed by atoms with van der Waals surface area (Å²) in [6.07, 6.45) is 1.79. The normalized spacial score (nSPS) is 14.3. The molecule has 1 amide bonds.